The number of nitrogens with zero attached hydrogens (tertiary/aromatic N) is 6. The SMILES string of the molecule is CN=C(NCC1CN(C)CCN1C)NC1CCCN(c2cnn(C)c2)C1.I. The second-order valence-electron chi connectivity index (χ2n) is 7.65. The van der Waals surface area contributed by atoms with E-state index in [1.54, 1.807) is 0 Å². The van der Waals surface area contributed by atoms with Crippen LogP contribution in [0.4, 0.5) is 5.69 Å². The minimum absolute atomic E-state index is 0. The molecule has 3 rings (SSSR count). The summed E-state index contributed by atoms with van der Waals surface area (Å²) in [6.45, 7) is 6.36. The van der Waals surface area contributed by atoms with E-state index in [0.717, 1.165) is 45.2 Å². The van der Waals surface area contributed by atoms with Crippen molar-refractivity contribution in [2.75, 3.05) is 65.3 Å². The quantitative estimate of drug-likeness (QED) is 0.363. The van der Waals surface area contributed by atoms with Crippen LogP contribution in [-0.2, 0) is 7.05 Å². The molecule has 0 radical (unpaired) electrons. The van der Waals surface area contributed by atoms with E-state index in [1.807, 2.05) is 25.0 Å². The van der Waals surface area contributed by atoms with Gasteiger partial charge in [-0.1, -0.05) is 0 Å². The van der Waals surface area contributed by atoms with Crippen LogP contribution in [0.2, 0.25) is 0 Å². The van der Waals surface area contributed by atoms with Gasteiger partial charge in [0.25, 0.3) is 0 Å². The summed E-state index contributed by atoms with van der Waals surface area (Å²) >= 11 is 0. The van der Waals surface area contributed by atoms with Crippen molar-refractivity contribution >= 4 is 35.6 Å². The lowest BCUT2D eigenvalue weighted by Gasteiger charge is -2.38. The molecule has 2 fully saturated rings. The average molecular weight is 490 g/mol. The van der Waals surface area contributed by atoms with Crippen LogP contribution >= 0.6 is 24.0 Å². The van der Waals surface area contributed by atoms with E-state index in [0.29, 0.717) is 12.1 Å². The molecule has 3 heterocycles. The fraction of sp³-hybridized carbons (Fsp3) is 0.778. The van der Waals surface area contributed by atoms with E-state index >= 15 is 0 Å². The molecule has 2 saturated heterocycles. The van der Waals surface area contributed by atoms with Crippen LogP contribution < -0.4 is 15.5 Å². The highest BCUT2D eigenvalue weighted by Crippen LogP contribution is 2.18. The lowest BCUT2D eigenvalue weighted by Crippen LogP contribution is -2.57. The Morgan fingerprint density at radius 2 is 2.04 bits per heavy atom. The Kier molecular flexibility index (Phi) is 8.62. The predicted molar refractivity (Wildman–Crippen MR) is 122 cm³/mol. The second kappa shape index (κ2) is 10.5. The van der Waals surface area contributed by atoms with E-state index in [2.05, 4.69) is 55.7 Å². The Bertz CT molecular complexity index is 604. The Hall–Kier alpha value is -1.07. The lowest BCUT2D eigenvalue weighted by atomic mass is 10.1. The lowest BCUT2D eigenvalue weighted by molar-refractivity contribution is 0.116. The van der Waals surface area contributed by atoms with Crippen LogP contribution in [0.15, 0.2) is 17.4 Å². The maximum absolute atomic E-state index is 4.44. The molecule has 2 aliphatic rings. The first-order valence-corrected chi connectivity index (χ1v) is 9.64. The van der Waals surface area contributed by atoms with Gasteiger partial charge in [-0.3, -0.25) is 14.6 Å². The molecule has 2 aliphatic heterocycles. The zero-order valence-corrected chi connectivity index (χ0v) is 19.4. The van der Waals surface area contributed by atoms with E-state index in [9.17, 15) is 0 Å². The standard InChI is InChI=1S/C18H34N8.HI/c1-19-18(20-10-16-13-23(2)8-9-24(16)3)22-15-6-5-7-26(12-15)17-11-21-25(4)14-17;/h11,14-16H,5-10,12-13H2,1-4H3,(H2,19,20,22);1H. The van der Waals surface area contributed by atoms with Crippen LogP contribution in [0.25, 0.3) is 0 Å². The summed E-state index contributed by atoms with van der Waals surface area (Å²) in [6.07, 6.45) is 6.39. The molecule has 8 nitrogen and oxygen atoms in total. The summed E-state index contributed by atoms with van der Waals surface area (Å²) in [5, 5.41) is 11.4. The molecule has 0 bridgehead atoms. The number of halogens is 1. The predicted octanol–water partition coefficient (Wildman–Crippen LogP) is 0.418. The fourth-order valence-corrected chi connectivity index (χ4v) is 3.83. The summed E-state index contributed by atoms with van der Waals surface area (Å²) < 4.78 is 1.87. The van der Waals surface area contributed by atoms with Crippen LogP contribution in [0.5, 0.6) is 0 Å². The van der Waals surface area contributed by atoms with Gasteiger partial charge in [-0.05, 0) is 26.9 Å². The van der Waals surface area contributed by atoms with Gasteiger partial charge in [0.05, 0.1) is 11.9 Å². The molecule has 0 saturated carbocycles. The molecule has 2 unspecified atom stereocenters. The number of aromatic nitrogens is 2. The molecule has 0 amide bonds. The van der Waals surface area contributed by atoms with E-state index in [-0.39, 0.29) is 24.0 Å². The van der Waals surface area contributed by atoms with Gasteiger partial charge in [-0.15, -0.1) is 24.0 Å². The van der Waals surface area contributed by atoms with Gasteiger partial charge in [-0.2, -0.15) is 5.10 Å². The number of likely N-dealkylation sites (N-methyl/N-ethyl adjacent to an activating group) is 2. The topological polar surface area (TPSA) is 64.0 Å². The summed E-state index contributed by atoms with van der Waals surface area (Å²) in [5.41, 5.74) is 1.20. The third kappa shape index (κ3) is 6.21. The van der Waals surface area contributed by atoms with E-state index in [1.165, 1.54) is 18.5 Å². The summed E-state index contributed by atoms with van der Waals surface area (Å²) in [5.74, 6) is 0.907. The minimum atomic E-state index is 0. The monoisotopic (exact) mass is 490 g/mol. The average Bonchev–Trinajstić information content (AvgIpc) is 3.08. The molecule has 0 aromatic carbocycles. The third-order valence-electron chi connectivity index (χ3n) is 5.53. The number of rotatable bonds is 4. The van der Waals surface area contributed by atoms with Crippen molar-refractivity contribution in [2.24, 2.45) is 12.0 Å². The molecule has 0 spiro atoms. The molecule has 1 aromatic heterocycles. The molecular weight excluding hydrogens is 455 g/mol. The molecular formula is C18H35IN8. The zero-order valence-electron chi connectivity index (χ0n) is 17.1. The first-order chi connectivity index (χ1) is 12.5. The summed E-state index contributed by atoms with van der Waals surface area (Å²) in [4.78, 5) is 11.7. The number of anilines is 1. The summed E-state index contributed by atoms with van der Waals surface area (Å²) in [6, 6.07) is 0.924. The molecule has 1 aromatic rings. The number of hydrogen-bond acceptors (Lipinski definition) is 5. The Labute approximate surface area is 180 Å². The van der Waals surface area contributed by atoms with Gasteiger partial charge in [0.15, 0.2) is 5.96 Å². The van der Waals surface area contributed by atoms with Crippen molar-refractivity contribution in [1.29, 1.82) is 0 Å². The van der Waals surface area contributed by atoms with Crippen molar-refractivity contribution < 1.29 is 0 Å². The molecule has 0 aliphatic carbocycles. The number of aliphatic imine (C=N–C) groups is 1. The maximum Gasteiger partial charge on any atom is 0.191 e. The van der Waals surface area contributed by atoms with Crippen molar-refractivity contribution in [3.8, 4) is 0 Å². The van der Waals surface area contributed by atoms with Gasteiger partial charge in [-0.25, -0.2) is 0 Å². The van der Waals surface area contributed by atoms with Crippen molar-refractivity contribution in [1.82, 2.24) is 30.2 Å². The minimum Gasteiger partial charge on any atom is -0.367 e. The smallest absolute Gasteiger partial charge is 0.191 e. The third-order valence-corrected chi connectivity index (χ3v) is 5.53. The number of piperidine rings is 1. The molecule has 27 heavy (non-hydrogen) atoms. The van der Waals surface area contributed by atoms with Gasteiger partial charge < -0.3 is 20.4 Å². The second-order valence-corrected chi connectivity index (χ2v) is 7.65. The van der Waals surface area contributed by atoms with Gasteiger partial charge in [0.2, 0.25) is 0 Å². The summed E-state index contributed by atoms with van der Waals surface area (Å²) in [7, 11) is 8.23. The number of aryl methyl sites for hydroxylation is 1. The van der Waals surface area contributed by atoms with Crippen LogP contribution in [0.1, 0.15) is 12.8 Å². The Balaban J connectivity index is 0.00000261. The van der Waals surface area contributed by atoms with Gasteiger partial charge in [0, 0.05) is 71.6 Å². The van der Waals surface area contributed by atoms with Crippen LogP contribution in [0.3, 0.4) is 0 Å². The van der Waals surface area contributed by atoms with Gasteiger partial charge in [0.1, 0.15) is 0 Å². The molecule has 2 N–H and O–H groups in total. The Morgan fingerprint density at radius 1 is 1.22 bits per heavy atom. The van der Waals surface area contributed by atoms with E-state index < -0.39 is 0 Å². The van der Waals surface area contributed by atoms with Crippen LogP contribution in [-0.4, -0.2) is 98.0 Å². The molecule has 2 atom stereocenters. The maximum atomic E-state index is 4.44. The largest absolute Gasteiger partial charge is 0.367 e. The van der Waals surface area contributed by atoms with Crippen molar-refractivity contribution in [3.05, 3.63) is 12.4 Å². The molecule has 154 valence electrons. The van der Waals surface area contributed by atoms with Crippen LogP contribution in [0, 0.1) is 0 Å². The molecule has 9 heteroatoms. The Morgan fingerprint density at radius 3 is 2.74 bits per heavy atom. The highest BCUT2D eigenvalue weighted by molar-refractivity contribution is 14.0. The normalized spacial score (nSPS) is 25.2. The number of hydrogen-bond donors (Lipinski definition) is 2. The van der Waals surface area contributed by atoms with Crippen molar-refractivity contribution in [2.45, 2.75) is 24.9 Å². The van der Waals surface area contributed by atoms with Crippen molar-refractivity contribution in [3.63, 3.8) is 0 Å². The van der Waals surface area contributed by atoms with E-state index in [4.69, 9.17) is 0 Å². The first kappa shape index (κ1) is 22.2. The number of piperazine rings is 1. The number of guanidine groups is 1. The number of nitrogens with one attached hydrogen (secondary N) is 2. The van der Waals surface area contributed by atoms with Gasteiger partial charge >= 0.3 is 0 Å². The highest BCUT2D eigenvalue weighted by atomic mass is 127. The first-order valence-electron chi connectivity index (χ1n) is 9.64. The zero-order chi connectivity index (χ0) is 18.5. The highest BCUT2D eigenvalue weighted by Gasteiger charge is 2.24. The fourth-order valence-electron chi connectivity index (χ4n) is 3.83.